The van der Waals surface area contributed by atoms with Crippen LogP contribution in [0, 0.1) is 0 Å². The molecule has 8 rings (SSSR count). The first-order chi connectivity index (χ1) is 26.2. The minimum Gasteiger partial charge on any atom is -0.396 e. The van der Waals surface area contributed by atoms with Crippen LogP contribution in [-0.4, -0.2) is 9.97 Å². The average Bonchev–Trinajstić information content (AvgIpc) is 3.23. The summed E-state index contributed by atoms with van der Waals surface area (Å²) < 4.78 is 0. The van der Waals surface area contributed by atoms with Crippen molar-refractivity contribution in [3.8, 4) is 22.3 Å². The van der Waals surface area contributed by atoms with Gasteiger partial charge in [0, 0.05) is 57.6 Å². The van der Waals surface area contributed by atoms with E-state index in [9.17, 15) is 0 Å². The Morgan fingerprint density at radius 1 is 0.358 bits per heavy atom. The number of aromatic nitrogens is 2. The predicted molar refractivity (Wildman–Crippen MR) is 217 cm³/mol. The molecule has 7 nitrogen and oxygen atoms in total. The van der Waals surface area contributed by atoms with E-state index < -0.39 is 0 Å². The number of azo groups is 1. The summed E-state index contributed by atoms with van der Waals surface area (Å²) in [4.78, 5) is 13.0. The van der Waals surface area contributed by atoms with E-state index >= 15 is 0 Å². The van der Waals surface area contributed by atoms with Gasteiger partial charge in [0.2, 0.25) is 0 Å². The van der Waals surface area contributed by atoms with E-state index in [4.69, 9.17) is 5.73 Å². The molecule has 254 valence electrons. The van der Waals surface area contributed by atoms with Crippen LogP contribution in [-0.2, 0) is 0 Å². The lowest BCUT2D eigenvalue weighted by molar-refractivity contribution is 1.07. The van der Waals surface area contributed by atoms with E-state index in [1.807, 2.05) is 48.5 Å². The zero-order chi connectivity index (χ0) is 35.8. The number of nitrogens with two attached hydrogens (primary N) is 1. The molecule has 0 atom stereocenters. The molecular weight excluding hydrogens is 651 g/mol. The van der Waals surface area contributed by atoms with Gasteiger partial charge in [-0.05, 0) is 90.0 Å². The maximum absolute atomic E-state index is 7.01. The fourth-order valence-corrected chi connectivity index (χ4v) is 6.42. The van der Waals surface area contributed by atoms with Crippen molar-refractivity contribution >= 4 is 51.4 Å². The van der Waals surface area contributed by atoms with Crippen molar-refractivity contribution in [1.29, 1.82) is 0 Å². The lowest BCUT2D eigenvalue weighted by Gasteiger charge is -2.26. The molecular formula is C46H35N7. The standard InChI is InChI=1S/C46H35N7/c47-44-42(34-22-26-40(27-23-34)52(36-14-5-1-6-15-36)37-16-7-2-8-17-37)30-31-43(45(44)50-51-46-48-32-13-33-49-46)35-24-28-41(29-25-35)53(38-18-9-3-10-19-38)39-20-11-4-12-21-39/h1-33H,47H2. The summed E-state index contributed by atoms with van der Waals surface area (Å²) in [6.45, 7) is 0. The van der Waals surface area contributed by atoms with Crippen LogP contribution >= 0.6 is 0 Å². The van der Waals surface area contributed by atoms with Gasteiger partial charge in [-0.25, -0.2) is 9.97 Å². The second-order valence-electron chi connectivity index (χ2n) is 12.3. The fourth-order valence-electron chi connectivity index (χ4n) is 6.42. The van der Waals surface area contributed by atoms with Crippen LogP contribution in [0.1, 0.15) is 0 Å². The molecule has 2 N–H and O–H groups in total. The minimum absolute atomic E-state index is 0.256. The number of nitrogens with zero attached hydrogens (tertiary/aromatic N) is 6. The molecule has 0 spiro atoms. The van der Waals surface area contributed by atoms with Crippen molar-refractivity contribution in [2.75, 3.05) is 15.5 Å². The van der Waals surface area contributed by atoms with Gasteiger partial charge in [0.15, 0.2) is 0 Å². The normalized spacial score (nSPS) is 11.0. The van der Waals surface area contributed by atoms with Gasteiger partial charge in [-0.3, -0.25) is 0 Å². The number of rotatable bonds is 10. The van der Waals surface area contributed by atoms with Crippen molar-refractivity contribution in [3.63, 3.8) is 0 Å². The summed E-state index contributed by atoms with van der Waals surface area (Å²) in [6, 6.07) is 64.1. The lowest BCUT2D eigenvalue weighted by atomic mass is 9.96. The summed E-state index contributed by atoms with van der Waals surface area (Å²) in [5.41, 5.74) is 18.0. The number of nitrogen functional groups attached to an aromatic ring is 1. The van der Waals surface area contributed by atoms with Crippen LogP contribution in [0.5, 0.6) is 0 Å². The van der Waals surface area contributed by atoms with Gasteiger partial charge in [-0.1, -0.05) is 109 Å². The van der Waals surface area contributed by atoms with Crippen molar-refractivity contribution in [3.05, 3.63) is 200 Å². The van der Waals surface area contributed by atoms with Crippen LogP contribution < -0.4 is 15.5 Å². The zero-order valence-electron chi connectivity index (χ0n) is 28.8. The summed E-state index contributed by atoms with van der Waals surface area (Å²) >= 11 is 0. The average molecular weight is 686 g/mol. The number of benzene rings is 7. The fraction of sp³-hybridized carbons (Fsp3) is 0. The zero-order valence-corrected chi connectivity index (χ0v) is 28.8. The third-order valence-corrected chi connectivity index (χ3v) is 8.94. The van der Waals surface area contributed by atoms with E-state index in [0.717, 1.165) is 56.4 Å². The maximum atomic E-state index is 7.01. The molecule has 0 saturated heterocycles. The van der Waals surface area contributed by atoms with Crippen LogP contribution in [0.4, 0.5) is 51.4 Å². The SMILES string of the molecule is Nc1c(-c2ccc(N(c3ccccc3)c3ccccc3)cc2)ccc(-c2ccc(N(c3ccccc3)c3ccccc3)cc2)c1N=Nc1ncccn1. The molecule has 1 heterocycles. The van der Waals surface area contributed by atoms with Crippen molar-refractivity contribution < 1.29 is 0 Å². The second-order valence-corrected chi connectivity index (χ2v) is 12.3. The molecule has 7 heteroatoms. The molecule has 0 radical (unpaired) electrons. The molecule has 1 aromatic heterocycles. The third kappa shape index (κ3) is 7.13. The van der Waals surface area contributed by atoms with E-state index in [1.54, 1.807) is 18.5 Å². The molecule has 0 unspecified atom stereocenters. The Labute approximate surface area is 309 Å². The van der Waals surface area contributed by atoms with Gasteiger partial charge in [0.25, 0.3) is 5.95 Å². The molecule has 0 aliphatic heterocycles. The third-order valence-electron chi connectivity index (χ3n) is 8.94. The Morgan fingerprint density at radius 3 is 1.13 bits per heavy atom. The second kappa shape index (κ2) is 15.2. The van der Waals surface area contributed by atoms with E-state index in [2.05, 4.69) is 163 Å². The number of hydrogen-bond donors (Lipinski definition) is 1. The van der Waals surface area contributed by atoms with Gasteiger partial charge < -0.3 is 15.5 Å². The molecule has 8 aromatic rings. The molecule has 0 amide bonds. The Morgan fingerprint density at radius 2 is 0.717 bits per heavy atom. The summed E-state index contributed by atoms with van der Waals surface area (Å²) in [5.74, 6) is 0.256. The van der Waals surface area contributed by atoms with Crippen LogP contribution in [0.15, 0.2) is 211 Å². The van der Waals surface area contributed by atoms with E-state index in [-0.39, 0.29) is 5.95 Å². The Balaban J connectivity index is 1.18. The smallest absolute Gasteiger partial charge is 0.268 e. The highest BCUT2D eigenvalue weighted by molar-refractivity contribution is 5.94. The van der Waals surface area contributed by atoms with E-state index in [1.165, 1.54) is 0 Å². The topological polar surface area (TPSA) is 83.0 Å². The predicted octanol–water partition coefficient (Wildman–Crippen LogP) is 12.7. The van der Waals surface area contributed by atoms with Crippen molar-refractivity contribution in [1.82, 2.24) is 9.97 Å². The summed E-state index contributed by atoms with van der Waals surface area (Å²) in [5, 5.41) is 9.07. The Bertz CT molecular complexity index is 2340. The van der Waals surface area contributed by atoms with Crippen LogP contribution in [0.25, 0.3) is 22.3 Å². The Hall–Kier alpha value is -7.38. The first kappa shape index (κ1) is 32.8. The summed E-state index contributed by atoms with van der Waals surface area (Å²) in [6.07, 6.45) is 3.28. The molecule has 7 aromatic carbocycles. The molecule has 0 fully saturated rings. The minimum atomic E-state index is 0.256. The molecule has 0 aliphatic carbocycles. The van der Waals surface area contributed by atoms with Gasteiger partial charge in [-0.15, -0.1) is 10.2 Å². The van der Waals surface area contributed by atoms with E-state index in [0.29, 0.717) is 11.4 Å². The molecule has 0 bridgehead atoms. The monoisotopic (exact) mass is 685 g/mol. The largest absolute Gasteiger partial charge is 0.396 e. The van der Waals surface area contributed by atoms with Gasteiger partial charge in [0.1, 0.15) is 5.69 Å². The van der Waals surface area contributed by atoms with Gasteiger partial charge >= 0.3 is 0 Å². The quantitative estimate of drug-likeness (QED) is 0.114. The molecule has 0 saturated carbocycles. The van der Waals surface area contributed by atoms with Gasteiger partial charge in [-0.2, -0.15) is 0 Å². The number of para-hydroxylation sites is 4. The van der Waals surface area contributed by atoms with Crippen molar-refractivity contribution in [2.24, 2.45) is 10.2 Å². The summed E-state index contributed by atoms with van der Waals surface area (Å²) in [7, 11) is 0. The van der Waals surface area contributed by atoms with Crippen LogP contribution in [0.3, 0.4) is 0 Å². The van der Waals surface area contributed by atoms with Crippen molar-refractivity contribution in [2.45, 2.75) is 0 Å². The Kier molecular flexibility index (Phi) is 9.44. The highest BCUT2D eigenvalue weighted by Crippen LogP contribution is 2.44. The highest BCUT2D eigenvalue weighted by atomic mass is 15.2. The van der Waals surface area contributed by atoms with Gasteiger partial charge in [0.05, 0.1) is 5.69 Å². The first-order valence-corrected chi connectivity index (χ1v) is 17.4. The highest BCUT2D eigenvalue weighted by Gasteiger charge is 2.18. The molecule has 0 aliphatic rings. The van der Waals surface area contributed by atoms with Crippen LogP contribution in [0.2, 0.25) is 0 Å². The maximum Gasteiger partial charge on any atom is 0.268 e. The first-order valence-electron chi connectivity index (χ1n) is 17.4. The number of anilines is 7. The molecule has 53 heavy (non-hydrogen) atoms. The number of hydrogen-bond acceptors (Lipinski definition) is 7. The lowest BCUT2D eigenvalue weighted by Crippen LogP contribution is -2.09.